The van der Waals surface area contributed by atoms with Gasteiger partial charge in [0.1, 0.15) is 48.8 Å². The average molecular weight is 1520 g/mol. The number of amides is 1. The quantitative estimate of drug-likeness (QED) is 0.0204. The van der Waals surface area contributed by atoms with E-state index in [4.69, 9.17) is 18.9 Å². The largest absolute Gasteiger partial charge is 0.394 e. The van der Waals surface area contributed by atoms with E-state index in [9.17, 15) is 45.6 Å². The number of aliphatic hydroxyl groups excluding tert-OH is 8. The fourth-order valence-electron chi connectivity index (χ4n) is 14.7. The Morgan fingerprint density at radius 1 is 0.343 bits per heavy atom. The standard InChI is InChI=1S/C94H169NO13/c1-3-5-7-9-11-13-15-17-19-21-23-25-27-29-31-33-35-37-38-39-40-41-42-43-44-46-48-50-52-54-56-58-60-62-64-66-68-70-72-74-76-78-86(99)95-82(81-105-93-91(104)89(102)92(85(80-97)107-93)108-94-90(103)88(101)87(100)84(79-96)106-94)83(98)77-75-73-71-69-67-65-63-61-59-57-55-53-51-49-47-45-36-34-32-30-28-26-24-22-20-18-16-14-12-10-8-6-4-2/h5,7,11,13,17,19,23,25,29,31,35,37,39-40,75,77,82-85,87-94,96-98,100-104H,3-4,6,8-10,12,14-16,18,20-22,24,26-28,30,32-34,36,38,41-74,76,78-81H2,1-2H3,(H,95,99)/b7-5-,13-11-,19-17-,25-23-,31-29-,37-35-,40-39-,77-75+. The highest BCUT2D eigenvalue weighted by molar-refractivity contribution is 5.76. The third kappa shape index (κ3) is 57.9. The smallest absolute Gasteiger partial charge is 0.220 e. The molecule has 2 aliphatic rings. The Kier molecular flexibility index (Phi) is 71.6. The maximum atomic E-state index is 13.4. The summed E-state index contributed by atoms with van der Waals surface area (Å²) in [5.41, 5.74) is 0. The molecule has 108 heavy (non-hydrogen) atoms. The van der Waals surface area contributed by atoms with Crippen LogP contribution in [0.3, 0.4) is 0 Å². The van der Waals surface area contributed by atoms with Crippen LogP contribution in [0.15, 0.2) is 97.2 Å². The lowest BCUT2D eigenvalue weighted by Gasteiger charge is -2.46. The molecule has 12 atom stereocenters. The molecule has 2 fully saturated rings. The number of aliphatic hydroxyl groups is 8. The summed E-state index contributed by atoms with van der Waals surface area (Å²) in [5, 5.41) is 87.9. The van der Waals surface area contributed by atoms with Crippen LogP contribution in [0.2, 0.25) is 0 Å². The summed E-state index contributed by atoms with van der Waals surface area (Å²) in [6, 6.07) is -0.920. The molecule has 0 aliphatic carbocycles. The number of allylic oxidation sites excluding steroid dienone is 15. The van der Waals surface area contributed by atoms with Gasteiger partial charge in [-0.15, -0.1) is 0 Å². The molecule has 628 valence electrons. The van der Waals surface area contributed by atoms with E-state index in [2.05, 4.69) is 104 Å². The molecule has 2 saturated heterocycles. The van der Waals surface area contributed by atoms with Crippen molar-refractivity contribution in [3.63, 3.8) is 0 Å². The van der Waals surface area contributed by atoms with Crippen LogP contribution >= 0.6 is 0 Å². The molecule has 2 rings (SSSR count). The molecule has 0 aromatic rings. The van der Waals surface area contributed by atoms with Crippen LogP contribution in [0.25, 0.3) is 0 Å². The van der Waals surface area contributed by atoms with Crippen LogP contribution in [0.4, 0.5) is 0 Å². The number of carbonyl (C=O) groups excluding carboxylic acids is 1. The summed E-state index contributed by atoms with van der Waals surface area (Å²) in [4.78, 5) is 13.4. The van der Waals surface area contributed by atoms with Crippen molar-refractivity contribution in [3.05, 3.63) is 97.2 Å². The summed E-state index contributed by atoms with van der Waals surface area (Å²) in [5.74, 6) is -0.234. The number of unbranched alkanes of at least 4 members (excludes halogenated alkanes) is 50. The van der Waals surface area contributed by atoms with Gasteiger partial charge in [0.2, 0.25) is 5.91 Å². The molecule has 14 heteroatoms. The molecule has 14 nitrogen and oxygen atoms in total. The SMILES string of the molecule is CC/C=C\C/C=C\C/C=C\C/C=C\C/C=C\C/C=C\C/C=C\CCCCCCCCCCCCCCCCCCCCCC(=O)NC(COC1OC(CO)C(OC2OC(CO)C(O)C(O)C2O)C(O)C1O)C(O)/C=C/CCCCCCCCCCCCCCCCCCCCCCCCCCCCCCCCC. The second-order valence-electron chi connectivity index (χ2n) is 31.7. The molecule has 0 aromatic heterocycles. The molecular formula is C94H169NO13. The number of hydrogen-bond donors (Lipinski definition) is 9. The highest BCUT2D eigenvalue weighted by Crippen LogP contribution is 2.31. The van der Waals surface area contributed by atoms with Gasteiger partial charge in [-0.05, 0) is 77.0 Å². The molecule has 1 amide bonds. The molecule has 0 radical (unpaired) electrons. The zero-order valence-electron chi connectivity index (χ0n) is 69.3. The lowest BCUT2D eigenvalue weighted by atomic mass is 9.97. The molecule has 2 aliphatic heterocycles. The van der Waals surface area contributed by atoms with E-state index in [-0.39, 0.29) is 18.9 Å². The number of rotatable bonds is 77. The van der Waals surface area contributed by atoms with Crippen molar-refractivity contribution in [1.82, 2.24) is 5.32 Å². The van der Waals surface area contributed by atoms with Gasteiger partial charge >= 0.3 is 0 Å². The van der Waals surface area contributed by atoms with E-state index in [1.165, 1.54) is 289 Å². The third-order valence-corrected chi connectivity index (χ3v) is 21.8. The number of ether oxygens (including phenoxy) is 4. The van der Waals surface area contributed by atoms with Crippen molar-refractivity contribution in [2.24, 2.45) is 0 Å². The first kappa shape index (κ1) is 101. The average Bonchev–Trinajstić information content (AvgIpc) is 0.789. The summed E-state index contributed by atoms with van der Waals surface area (Å²) >= 11 is 0. The van der Waals surface area contributed by atoms with Crippen LogP contribution in [-0.4, -0.2) is 140 Å². The van der Waals surface area contributed by atoms with Gasteiger partial charge < -0.3 is 65.1 Å². The van der Waals surface area contributed by atoms with Crippen molar-refractivity contribution in [1.29, 1.82) is 0 Å². The van der Waals surface area contributed by atoms with Crippen LogP contribution in [-0.2, 0) is 23.7 Å². The van der Waals surface area contributed by atoms with Crippen LogP contribution in [0.5, 0.6) is 0 Å². The number of carbonyl (C=O) groups is 1. The van der Waals surface area contributed by atoms with E-state index >= 15 is 0 Å². The number of hydrogen-bond acceptors (Lipinski definition) is 13. The maximum Gasteiger partial charge on any atom is 0.220 e. The summed E-state index contributed by atoms with van der Waals surface area (Å²) in [7, 11) is 0. The monoisotopic (exact) mass is 1520 g/mol. The molecule has 0 spiro atoms. The molecule has 12 unspecified atom stereocenters. The van der Waals surface area contributed by atoms with E-state index in [0.29, 0.717) is 6.42 Å². The normalized spacial score (nSPS) is 21.6. The minimum absolute atomic E-state index is 0.234. The van der Waals surface area contributed by atoms with Gasteiger partial charge in [0.05, 0.1) is 32.0 Å². The van der Waals surface area contributed by atoms with Crippen LogP contribution in [0, 0.1) is 0 Å². The van der Waals surface area contributed by atoms with E-state index < -0.39 is 86.8 Å². The van der Waals surface area contributed by atoms with Gasteiger partial charge in [0.15, 0.2) is 12.6 Å². The zero-order chi connectivity index (χ0) is 77.9. The van der Waals surface area contributed by atoms with Gasteiger partial charge in [0, 0.05) is 6.42 Å². The van der Waals surface area contributed by atoms with Gasteiger partial charge in [0.25, 0.3) is 0 Å². The Bertz CT molecular complexity index is 2190. The summed E-state index contributed by atoms with van der Waals surface area (Å²) < 4.78 is 23.0. The van der Waals surface area contributed by atoms with Crippen molar-refractivity contribution in [2.75, 3.05) is 19.8 Å². The molecule has 0 bridgehead atoms. The van der Waals surface area contributed by atoms with E-state index in [0.717, 1.165) is 83.5 Å². The van der Waals surface area contributed by atoms with Crippen molar-refractivity contribution in [2.45, 2.75) is 473 Å². The summed E-state index contributed by atoms with van der Waals surface area (Å²) in [6.07, 6.45) is 93.8. The Hall–Kier alpha value is -3.09. The Morgan fingerprint density at radius 3 is 0.981 bits per heavy atom. The minimum atomic E-state index is -1.79. The second kappa shape index (κ2) is 76.5. The Balaban J connectivity index is 1.56. The minimum Gasteiger partial charge on any atom is -0.394 e. The lowest BCUT2D eigenvalue weighted by Crippen LogP contribution is -2.65. The fourth-order valence-corrected chi connectivity index (χ4v) is 14.7. The topological polar surface area (TPSA) is 228 Å². The van der Waals surface area contributed by atoms with Crippen LogP contribution in [0.1, 0.15) is 399 Å². The molecule has 9 N–H and O–H groups in total. The molecule has 0 saturated carbocycles. The highest BCUT2D eigenvalue weighted by atomic mass is 16.7. The van der Waals surface area contributed by atoms with Gasteiger partial charge in [-0.25, -0.2) is 0 Å². The van der Waals surface area contributed by atoms with E-state index in [1.54, 1.807) is 6.08 Å². The van der Waals surface area contributed by atoms with Crippen LogP contribution < -0.4 is 5.32 Å². The molecular weight excluding hydrogens is 1350 g/mol. The molecule has 0 aromatic carbocycles. The zero-order valence-corrected chi connectivity index (χ0v) is 69.3. The summed E-state index contributed by atoms with van der Waals surface area (Å²) in [6.45, 7) is 2.74. The lowest BCUT2D eigenvalue weighted by molar-refractivity contribution is -0.359. The van der Waals surface area contributed by atoms with E-state index in [1.807, 2.05) is 6.08 Å². The molecule has 2 heterocycles. The first-order valence-electron chi connectivity index (χ1n) is 45.5. The van der Waals surface area contributed by atoms with Gasteiger partial charge in [-0.3, -0.25) is 4.79 Å². The first-order chi connectivity index (χ1) is 53.1. The number of nitrogens with one attached hydrogen (secondary N) is 1. The predicted octanol–water partition coefficient (Wildman–Crippen LogP) is 22.4. The van der Waals surface area contributed by atoms with Gasteiger partial charge in [-0.2, -0.15) is 0 Å². The predicted molar refractivity (Wildman–Crippen MR) is 452 cm³/mol. The highest BCUT2D eigenvalue weighted by Gasteiger charge is 2.51. The second-order valence-corrected chi connectivity index (χ2v) is 31.7. The maximum absolute atomic E-state index is 13.4. The Labute approximate surface area is 662 Å². The fraction of sp³-hybridized carbons (Fsp3) is 0.819. The van der Waals surface area contributed by atoms with Gasteiger partial charge in [-0.1, -0.05) is 413 Å². The first-order valence-corrected chi connectivity index (χ1v) is 45.5. The third-order valence-electron chi connectivity index (χ3n) is 21.8. The van der Waals surface area contributed by atoms with Crippen molar-refractivity contribution >= 4 is 5.91 Å². The van der Waals surface area contributed by atoms with Crippen molar-refractivity contribution in [3.8, 4) is 0 Å². The van der Waals surface area contributed by atoms with Crippen molar-refractivity contribution < 1.29 is 64.6 Å². The Morgan fingerprint density at radius 2 is 0.639 bits per heavy atom.